The number of rotatable bonds is 9. The third-order valence-corrected chi connectivity index (χ3v) is 13.9. The van der Waals surface area contributed by atoms with Crippen molar-refractivity contribution < 1.29 is 15.3 Å². The van der Waals surface area contributed by atoms with E-state index in [9.17, 15) is 15.3 Å². The summed E-state index contributed by atoms with van der Waals surface area (Å²) in [5.41, 5.74) is 0.910. The Kier molecular flexibility index (Phi) is 8.36. The van der Waals surface area contributed by atoms with Gasteiger partial charge in [-0.3, -0.25) is 0 Å². The summed E-state index contributed by atoms with van der Waals surface area (Å²) in [5.74, 6) is 1.27. The average Bonchev–Trinajstić information content (AvgIpc) is 3.29. The van der Waals surface area contributed by atoms with Crippen molar-refractivity contribution in [1.82, 2.24) is 5.32 Å². The van der Waals surface area contributed by atoms with Crippen LogP contribution >= 0.6 is 0 Å². The SMILES string of the molecule is CC1(C)[C@@H](O)CC[C@]2(C)[C@H]3C[C@@H](O)[C@@H]4[C@@H]([C@@](C)(O)CCCNCCCc5ccccc5)CC[C@@]4(C)[C@]3(C)CC[C@@H]12. The van der Waals surface area contributed by atoms with E-state index in [0.717, 1.165) is 70.9 Å². The second-order valence-corrected chi connectivity index (χ2v) is 16.1. The van der Waals surface area contributed by atoms with Crippen LogP contribution in [0.5, 0.6) is 0 Å². The molecule has 4 saturated carbocycles. The van der Waals surface area contributed by atoms with E-state index in [0.29, 0.717) is 11.8 Å². The molecule has 0 spiro atoms. The molecular weight excluding hydrogens is 494 g/mol. The Hall–Kier alpha value is -0.940. The summed E-state index contributed by atoms with van der Waals surface area (Å²) < 4.78 is 0. The zero-order chi connectivity index (χ0) is 29.0. The van der Waals surface area contributed by atoms with Gasteiger partial charge in [-0.05, 0) is 142 Å². The minimum atomic E-state index is -0.754. The van der Waals surface area contributed by atoms with Crippen LogP contribution in [0, 0.1) is 45.3 Å². The molecule has 0 aliphatic heterocycles. The molecule has 1 aromatic rings. The molecule has 4 fully saturated rings. The summed E-state index contributed by atoms with van der Waals surface area (Å²) in [6.07, 6.45) is 10.7. The number of benzene rings is 1. The predicted molar refractivity (Wildman–Crippen MR) is 164 cm³/mol. The van der Waals surface area contributed by atoms with Crippen LogP contribution < -0.4 is 5.32 Å². The number of hydrogen-bond donors (Lipinski definition) is 4. The van der Waals surface area contributed by atoms with Crippen molar-refractivity contribution in [3.8, 4) is 0 Å². The lowest BCUT2D eigenvalue weighted by Crippen LogP contribution is -2.66. The van der Waals surface area contributed by atoms with E-state index in [1.54, 1.807) is 0 Å². The number of hydrogen-bond acceptors (Lipinski definition) is 4. The van der Waals surface area contributed by atoms with E-state index >= 15 is 0 Å². The van der Waals surface area contributed by atoms with E-state index in [2.05, 4.69) is 77.2 Å². The summed E-state index contributed by atoms with van der Waals surface area (Å²) in [5, 5.41) is 38.3. The summed E-state index contributed by atoms with van der Waals surface area (Å²) in [7, 11) is 0. The van der Waals surface area contributed by atoms with Crippen molar-refractivity contribution in [2.75, 3.05) is 13.1 Å². The molecule has 0 amide bonds. The first-order valence-corrected chi connectivity index (χ1v) is 16.6. The van der Waals surface area contributed by atoms with Crippen LogP contribution in [0.1, 0.15) is 111 Å². The normalized spacial score (nSPS) is 43.8. The topological polar surface area (TPSA) is 72.7 Å². The molecule has 0 saturated heterocycles. The van der Waals surface area contributed by atoms with Gasteiger partial charge in [0.1, 0.15) is 0 Å². The van der Waals surface area contributed by atoms with E-state index in [4.69, 9.17) is 0 Å². The fourth-order valence-electron chi connectivity index (χ4n) is 11.4. The van der Waals surface area contributed by atoms with Gasteiger partial charge >= 0.3 is 0 Å². The number of aryl methyl sites for hydroxylation is 1. The van der Waals surface area contributed by atoms with E-state index in [-0.39, 0.29) is 45.7 Å². The molecule has 4 nitrogen and oxygen atoms in total. The third-order valence-electron chi connectivity index (χ3n) is 13.9. The molecule has 226 valence electrons. The highest BCUT2D eigenvalue weighted by atomic mass is 16.3. The average molecular weight is 554 g/mol. The van der Waals surface area contributed by atoms with Gasteiger partial charge in [0.25, 0.3) is 0 Å². The lowest BCUT2D eigenvalue weighted by Gasteiger charge is -2.70. The molecule has 0 unspecified atom stereocenters. The second-order valence-electron chi connectivity index (χ2n) is 16.1. The molecular formula is C36H59NO3. The van der Waals surface area contributed by atoms with Crippen molar-refractivity contribution >= 4 is 0 Å². The monoisotopic (exact) mass is 553 g/mol. The standard InChI is InChI=1S/C36H59NO3/c1-32(2)28-16-21-34(4)29(33(28,3)19-17-30(32)39)24-27(38)31-26(15-20-35(31,34)5)36(6,40)18-11-23-37-22-10-14-25-12-8-7-9-13-25/h7-9,12-13,26-31,37-40H,10-11,14-24H2,1-6H3/t26-,27+,28-,29+,30-,31-,33-,34+,35+,36-/m0/s1. The molecule has 4 heteroatoms. The Morgan fingerprint density at radius 3 is 2.25 bits per heavy atom. The van der Waals surface area contributed by atoms with Gasteiger partial charge in [-0.15, -0.1) is 0 Å². The minimum Gasteiger partial charge on any atom is -0.393 e. The van der Waals surface area contributed by atoms with Crippen LogP contribution in [0.2, 0.25) is 0 Å². The molecule has 0 bridgehead atoms. The van der Waals surface area contributed by atoms with Crippen molar-refractivity contribution in [3.63, 3.8) is 0 Å². The quantitative estimate of drug-likeness (QED) is 0.255. The van der Waals surface area contributed by atoms with Gasteiger partial charge < -0.3 is 20.6 Å². The molecule has 0 radical (unpaired) electrons. The molecule has 5 rings (SSSR count). The lowest BCUT2D eigenvalue weighted by molar-refractivity contribution is -0.246. The van der Waals surface area contributed by atoms with Gasteiger partial charge in [-0.25, -0.2) is 0 Å². The molecule has 40 heavy (non-hydrogen) atoms. The first-order chi connectivity index (χ1) is 18.8. The van der Waals surface area contributed by atoms with Gasteiger partial charge in [-0.2, -0.15) is 0 Å². The fraction of sp³-hybridized carbons (Fsp3) is 0.833. The van der Waals surface area contributed by atoms with E-state index in [1.165, 1.54) is 18.4 Å². The zero-order valence-electron chi connectivity index (χ0n) is 26.4. The smallest absolute Gasteiger partial charge is 0.0652 e. The van der Waals surface area contributed by atoms with Crippen molar-refractivity contribution in [3.05, 3.63) is 35.9 Å². The maximum atomic E-state index is 11.9. The molecule has 0 aromatic heterocycles. The van der Waals surface area contributed by atoms with Crippen molar-refractivity contribution in [2.24, 2.45) is 45.3 Å². The van der Waals surface area contributed by atoms with Crippen LogP contribution in [0.15, 0.2) is 30.3 Å². The first kappa shape index (κ1) is 30.5. The Morgan fingerprint density at radius 2 is 1.52 bits per heavy atom. The Morgan fingerprint density at radius 1 is 0.850 bits per heavy atom. The Labute approximate surface area is 244 Å². The molecule has 4 aliphatic rings. The van der Waals surface area contributed by atoms with Gasteiger partial charge in [-0.1, -0.05) is 65.0 Å². The highest BCUT2D eigenvalue weighted by Gasteiger charge is 2.71. The van der Waals surface area contributed by atoms with Gasteiger partial charge in [0.2, 0.25) is 0 Å². The van der Waals surface area contributed by atoms with Crippen molar-refractivity contribution in [2.45, 2.75) is 130 Å². The van der Waals surface area contributed by atoms with Gasteiger partial charge in [0.15, 0.2) is 0 Å². The largest absolute Gasteiger partial charge is 0.393 e. The summed E-state index contributed by atoms with van der Waals surface area (Å²) in [4.78, 5) is 0. The second kappa shape index (κ2) is 11.0. The first-order valence-electron chi connectivity index (χ1n) is 16.6. The fourth-order valence-corrected chi connectivity index (χ4v) is 11.4. The highest BCUT2D eigenvalue weighted by molar-refractivity contribution is 5.20. The van der Waals surface area contributed by atoms with Gasteiger partial charge in [0.05, 0.1) is 17.8 Å². The van der Waals surface area contributed by atoms with E-state index < -0.39 is 5.60 Å². The number of nitrogens with one attached hydrogen (secondary N) is 1. The third kappa shape index (κ3) is 4.91. The van der Waals surface area contributed by atoms with Crippen LogP contribution in [0.4, 0.5) is 0 Å². The molecule has 1 aromatic carbocycles. The maximum Gasteiger partial charge on any atom is 0.0652 e. The Bertz CT molecular complexity index is 1010. The zero-order valence-corrected chi connectivity index (χ0v) is 26.4. The molecule has 4 N–H and O–H groups in total. The van der Waals surface area contributed by atoms with Crippen LogP contribution in [0.3, 0.4) is 0 Å². The van der Waals surface area contributed by atoms with E-state index in [1.807, 2.05) is 0 Å². The predicted octanol–water partition coefficient (Wildman–Crippen LogP) is 6.76. The van der Waals surface area contributed by atoms with Crippen LogP contribution in [0.25, 0.3) is 0 Å². The number of aliphatic hydroxyl groups excluding tert-OH is 2. The Balaban J connectivity index is 1.22. The molecule has 4 aliphatic carbocycles. The van der Waals surface area contributed by atoms with Crippen LogP contribution in [-0.2, 0) is 6.42 Å². The number of aliphatic hydroxyl groups is 3. The van der Waals surface area contributed by atoms with Crippen LogP contribution in [-0.4, -0.2) is 46.2 Å². The lowest BCUT2D eigenvalue weighted by atomic mass is 9.35. The maximum absolute atomic E-state index is 11.9. The summed E-state index contributed by atoms with van der Waals surface area (Å²) >= 11 is 0. The summed E-state index contributed by atoms with van der Waals surface area (Å²) in [6.45, 7) is 16.1. The summed E-state index contributed by atoms with van der Waals surface area (Å²) in [6, 6.07) is 10.7. The minimum absolute atomic E-state index is 0.0356. The van der Waals surface area contributed by atoms with Crippen molar-refractivity contribution in [1.29, 1.82) is 0 Å². The molecule has 0 heterocycles. The highest BCUT2D eigenvalue weighted by Crippen LogP contribution is 2.75. The van der Waals surface area contributed by atoms with Gasteiger partial charge in [0, 0.05) is 0 Å². The molecule has 10 atom stereocenters. The number of fused-ring (bicyclic) bond motifs is 5.